The fourth-order valence-electron chi connectivity index (χ4n) is 0.958. The number of aliphatic hydroxyl groups is 1. The van der Waals surface area contributed by atoms with Crippen LogP contribution in [0.25, 0.3) is 0 Å². The van der Waals surface area contributed by atoms with Gasteiger partial charge >= 0.3 is 0 Å². The lowest BCUT2D eigenvalue weighted by Crippen LogP contribution is -1.80. The number of furan rings is 1. The molecule has 1 aromatic rings. The van der Waals surface area contributed by atoms with Crippen molar-refractivity contribution in [2.45, 2.75) is 19.3 Å². The van der Waals surface area contributed by atoms with Gasteiger partial charge in [0.15, 0.2) is 17.8 Å². The Morgan fingerprint density at radius 1 is 1.43 bits per heavy atom. The van der Waals surface area contributed by atoms with Crippen LogP contribution in [0.5, 0.6) is 0 Å². The van der Waals surface area contributed by atoms with Crippen LogP contribution in [-0.4, -0.2) is 18.0 Å². The molecule has 0 aliphatic carbocycles. The molecule has 0 saturated heterocycles. The molecule has 3 nitrogen and oxygen atoms in total. The van der Waals surface area contributed by atoms with E-state index in [-0.39, 0.29) is 6.61 Å². The third-order valence-electron chi connectivity index (χ3n) is 1.66. The standard InChI is InChI=1S/C11H12O3/c12-8-4-2-1-3-5-10-6-7-11(9-13)14-10/h6-7,9,12H,1-2,4,8H2. The minimum atomic E-state index is 0.206. The van der Waals surface area contributed by atoms with E-state index in [1.807, 2.05) is 0 Å². The van der Waals surface area contributed by atoms with Crippen molar-refractivity contribution in [2.75, 3.05) is 6.61 Å². The van der Waals surface area contributed by atoms with Gasteiger partial charge in [0, 0.05) is 13.0 Å². The Morgan fingerprint density at radius 2 is 2.29 bits per heavy atom. The molecule has 0 aliphatic rings. The van der Waals surface area contributed by atoms with Crippen LogP contribution in [0, 0.1) is 11.8 Å². The first-order valence-corrected chi connectivity index (χ1v) is 4.51. The molecular formula is C11H12O3. The van der Waals surface area contributed by atoms with Crippen LogP contribution in [0.2, 0.25) is 0 Å². The highest BCUT2D eigenvalue weighted by atomic mass is 16.3. The molecule has 74 valence electrons. The molecule has 0 spiro atoms. The Hall–Kier alpha value is -1.53. The molecule has 0 aliphatic heterocycles. The second kappa shape index (κ2) is 6.01. The molecule has 0 aromatic carbocycles. The molecule has 0 bridgehead atoms. The first-order chi connectivity index (χ1) is 6.86. The largest absolute Gasteiger partial charge is 0.445 e. The summed E-state index contributed by atoms with van der Waals surface area (Å²) in [5.74, 6) is 6.51. The number of hydrogen-bond acceptors (Lipinski definition) is 3. The van der Waals surface area contributed by atoms with Crippen LogP contribution in [0.3, 0.4) is 0 Å². The van der Waals surface area contributed by atoms with Gasteiger partial charge in [0.2, 0.25) is 0 Å². The number of carbonyl (C=O) groups is 1. The Bertz CT molecular complexity index is 341. The van der Waals surface area contributed by atoms with Crippen LogP contribution < -0.4 is 0 Å². The molecule has 0 fully saturated rings. The Kier molecular flexibility index (Phi) is 4.53. The van der Waals surface area contributed by atoms with Crippen molar-refractivity contribution < 1.29 is 14.3 Å². The van der Waals surface area contributed by atoms with E-state index < -0.39 is 0 Å². The lowest BCUT2D eigenvalue weighted by Gasteiger charge is -1.87. The molecule has 0 radical (unpaired) electrons. The molecule has 1 aromatic heterocycles. The zero-order chi connectivity index (χ0) is 10.2. The summed E-state index contributed by atoms with van der Waals surface area (Å²) in [7, 11) is 0. The van der Waals surface area contributed by atoms with Crippen LogP contribution >= 0.6 is 0 Å². The first kappa shape index (κ1) is 10.6. The van der Waals surface area contributed by atoms with Crippen molar-refractivity contribution in [2.24, 2.45) is 0 Å². The van der Waals surface area contributed by atoms with E-state index in [0.29, 0.717) is 17.8 Å². The van der Waals surface area contributed by atoms with Crippen molar-refractivity contribution in [3.05, 3.63) is 23.7 Å². The first-order valence-electron chi connectivity index (χ1n) is 4.51. The molecule has 0 amide bonds. The predicted octanol–water partition coefficient (Wildman–Crippen LogP) is 1.61. The zero-order valence-electron chi connectivity index (χ0n) is 7.82. The fraction of sp³-hybridized carbons (Fsp3) is 0.364. The van der Waals surface area contributed by atoms with Crippen LogP contribution in [0.4, 0.5) is 0 Å². The highest BCUT2D eigenvalue weighted by molar-refractivity contribution is 5.70. The molecule has 3 heteroatoms. The van der Waals surface area contributed by atoms with E-state index in [1.165, 1.54) is 0 Å². The smallest absolute Gasteiger partial charge is 0.185 e. The molecule has 1 heterocycles. The Morgan fingerprint density at radius 3 is 2.93 bits per heavy atom. The average molecular weight is 192 g/mol. The van der Waals surface area contributed by atoms with Crippen molar-refractivity contribution in [3.8, 4) is 11.8 Å². The number of carbonyl (C=O) groups excluding carboxylic acids is 1. The quantitative estimate of drug-likeness (QED) is 0.448. The van der Waals surface area contributed by atoms with Gasteiger partial charge in [-0.1, -0.05) is 5.92 Å². The highest BCUT2D eigenvalue weighted by Crippen LogP contribution is 2.03. The minimum absolute atomic E-state index is 0.206. The number of unbranched alkanes of at least 4 members (excludes halogenated alkanes) is 2. The van der Waals surface area contributed by atoms with Crippen molar-refractivity contribution in [1.82, 2.24) is 0 Å². The van der Waals surface area contributed by atoms with Crippen LogP contribution in [0.1, 0.15) is 35.6 Å². The number of rotatable bonds is 4. The number of aliphatic hydroxyl groups excluding tert-OH is 1. The molecule has 0 atom stereocenters. The molecule has 1 N–H and O–H groups in total. The van der Waals surface area contributed by atoms with E-state index in [0.717, 1.165) is 19.3 Å². The zero-order valence-corrected chi connectivity index (χ0v) is 7.82. The summed E-state index contributed by atoms with van der Waals surface area (Å²) < 4.78 is 5.05. The lowest BCUT2D eigenvalue weighted by molar-refractivity contribution is 0.110. The maximum absolute atomic E-state index is 10.3. The lowest BCUT2D eigenvalue weighted by atomic mass is 10.2. The minimum Gasteiger partial charge on any atom is -0.445 e. The summed E-state index contributed by atoms with van der Waals surface area (Å²) in [6.07, 6.45) is 3.03. The van der Waals surface area contributed by atoms with E-state index in [2.05, 4.69) is 11.8 Å². The van der Waals surface area contributed by atoms with E-state index in [4.69, 9.17) is 9.52 Å². The Labute approximate surface area is 82.7 Å². The van der Waals surface area contributed by atoms with Gasteiger partial charge < -0.3 is 9.52 Å². The van der Waals surface area contributed by atoms with Gasteiger partial charge in [-0.05, 0) is 30.9 Å². The summed E-state index contributed by atoms with van der Waals surface area (Å²) in [6.45, 7) is 0.206. The van der Waals surface area contributed by atoms with Gasteiger partial charge in [-0.25, -0.2) is 0 Å². The predicted molar refractivity (Wildman–Crippen MR) is 51.9 cm³/mol. The normalized spacial score (nSPS) is 9.21. The van der Waals surface area contributed by atoms with Gasteiger partial charge in [-0.15, -0.1) is 0 Å². The fourth-order valence-corrected chi connectivity index (χ4v) is 0.958. The van der Waals surface area contributed by atoms with Gasteiger partial charge in [0.1, 0.15) is 0 Å². The summed E-state index contributed by atoms with van der Waals surface area (Å²) in [5, 5.41) is 8.51. The molecule has 14 heavy (non-hydrogen) atoms. The number of aldehydes is 1. The third-order valence-corrected chi connectivity index (χ3v) is 1.66. The summed E-state index contributed by atoms with van der Waals surface area (Å²) >= 11 is 0. The van der Waals surface area contributed by atoms with E-state index in [1.54, 1.807) is 12.1 Å². The SMILES string of the molecule is O=Cc1ccc(C#CCCCCO)o1. The topological polar surface area (TPSA) is 50.4 Å². The van der Waals surface area contributed by atoms with Gasteiger partial charge in [-0.2, -0.15) is 0 Å². The second-order valence-electron chi connectivity index (χ2n) is 2.80. The van der Waals surface area contributed by atoms with Crippen LogP contribution in [0.15, 0.2) is 16.5 Å². The third kappa shape index (κ3) is 3.46. The number of hydrogen-bond donors (Lipinski definition) is 1. The van der Waals surface area contributed by atoms with E-state index in [9.17, 15) is 4.79 Å². The van der Waals surface area contributed by atoms with Gasteiger partial charge in [0.25, 0.3) is 0 Å². The summed E-state index contributed by atoms with van der Waals surface area (Å²) in [4.78, 5) is 10.3. The average Bonchev–Trinajstić information content (AvgIpc) is 2.65. The summed E-state index contributed by atoms with van der Waals surface area (Å²) in [5.41, 5.74) is 0. The molecule has 1 rings (SSSR count). The monoisotopic (exact) mass is 192 g/mol. The maximum atomic E-state index is 10.3. The van der Waals surface area contributed by atoms with Crippen molar-refractivity contribution >= 4 is 6.29 Å². The highest BCUT2D eigenvalue weighted by Gasteiger charge is 1.95. The van der Waals surface area contributed by atoms with Crippen LogP contribution in [-0.2, 0) is 0 Å². The molecule has 0 unspecified atom stereocenters. The molecule has 0 saturated carbocycles. The van der Waals surface area contributed by atoms with Crippen molar-refractivity contribution in [3.63, 3.8) is 0 Å². The van der Waals surface area contributed by atoms with Crippen molar-refractivity contribution in [1.29, 1.82) is 0 Å². The van der Waals surface area contributed by atoms with Gasteiger partial charge in [-0.3, -0.25) is 4.79 Å². The maximum Gasteiger partial charge on any atom is 0.185 e. The van der Waals surface area contributed by atoms with Gasteiger partial charge in [0.05, 0.1) is 0 Å². The second-order valence-corrected chi connectivity index (χ2v) is 2.80. The van der Waals surface area contributed by atoms with E-state index >= 15 is 0 Å². The molecular weight excluding hydrogens is 180 g/mol. The summed E-state index contributed by atoms with van der Waals surface area (Å²) in [6, 6.07) is 3.26. The Balaban J connectivity index is 2.38.